The molecular formula is C22H36OS. The molecule has 7 atom stereocenters. The molecule has 1 N–H and O–H groups in total. The number of thiol groups is 1. The van der Waals surface area contributed by atoms with Crippen LogP contribution in [0.15, 0.2) is 11.6 Å². The second-order valence-corrected chi connectivity index (χ2v) is 10.4. The molecule has 0 heterocycles. The van der Waals surface area contributed by atoms with Gasteiger partial charge in [-0.3, -0.25) is 0 Å². The summed E-state index contributed by atoms with van der Waals surface area (Å²) < 4.78 is 0. The van der Waals surface area contributed by atoms with Gasteiger partial charge >= 0.3 is 0 Å². The maximum absolute atomic E-state index is 11.2. The summed E-state index contributed by atoms with van der Waals surface area (Å²) >= 11 is 4.39. The van der Waals surface area contributed by atoms with Crippen LogP contribution in [0.4, 0.5) is 0 Å². The SMILES string of the molecule is C[C@@]12CCC[C@H]1[C@@H]1CCC3=CC(CCCS)CC[C@]3(C)[C@H]1[C@@H](O)C2. The molecule has 0 aromatic rings. The van der Waals surface area contributed by atoms with Gasteiger partial charge < -0.3 is 5.11 Å². The van der Waals surface area contributed by atoms with E-state index in [1.165, 1.54) is 57.8 Å². The van der Waals surface area contributed by atoms with Gasteiger partial charge in [-0.05, 0) is 98.0 Å². The first-order valence-electron chi connectivity index (χ1n) is 10.5. The van der Waals surface area contributed by atoms with E-state index in [0.29, 0.717) is 11.3 Å². The van der Waals surface area contributed by atoms with Crippen LogP contribution < -0.4 is 0 Å². The first-order valence-corrected chi connectivity index (χ1v) is 11.1. The number of aliphatic hydroxyl groups is 1. The molecule has 2 heteroatoms. The normalized spacial score (nSPS) is 50.7. The summed E-state index contributed by atoms with van der Waals surface area (Å²) in [6, 6.07) is 0. The number of hydrogen-bond donors (Lipinski definition) is 2. The Morgan fingerprint density at radius 3 is 2.83 bits per heavy atom. The van der Waals surface area contributed by atoms with E-state index in [1.54, 1.807) is 5.57 Å². The Labute approximate surface area is 154 Å². The van der Waals surface area contributed by atoms with Crippen LogP contribution in [0, 0.1) is 34.5 Å². The highest BCUT2D eigenvalue weighted by Crippen LogP contribution is 2.65. The predicted octanol–water partition coefficient (Wildman–Crippen LogP) is 5.64. The van der Waals surface area contributed by atoms with Crippen LogP contribution >= 0.6 is 12.6 Å². The Kier molecular flexibility index (Phi) is 4.61. The maximum atomic E-state index is 11.2. The van der Waals surface area contributed by atoms with Crippen molar-refractivity contribution >= 4 is 12.6 Å². The molecule has 0 aliphatic heterocycles. The van der Waals surface area contributed by atoms with Crippen molar-refractivity contribution < 1.29 is 5.11 Å². The summed E-state index contributed by atoms with van der Waals surface area (Å²) in [5, 5.41) is 11.2. The fourth-order valence-corrected chi connectivity index (χ4v) is 7.70. The fourth-order valence-electron chi connectivity index (χ4n) is 7.52. The minimum Gasteiger partial charge on any atom is -0.393 e. The van der Waals surface area contributed by atoms with Crippen molar-refractivity contribution in [2.45, 2.75) is 84.2 Å². The molecule has 4 aliphatic carbocycles. The molecule has 0 saturated heterocycles. The summed E-state index contributed by atoms with van der Waals surface area (Å²) in [6.07, 6.45) is 15.6. The maximum Gasteiger partial charge on any atom is 0.0584 e. The summed E-state index contributed by atoms with van der Waals surface area (Å²) in [6.45, 7) is 4.98. The number of allylic oxidation sites excluding steroid dienone is 2. The highest BCUT2D eigenvalue weighted by Gasteiger charge is 2.59. The monoisotopic (exact) mass is 348 g/mol. The van der Waals surface area contributed by atoms with Crippen LogP contribution in [0.2, 0.25) is 0 Å². The topological polar surface area (TPSA) is 20.2 Å². The molecule has 136 valence electrons. The zero-order valence-electron chi connectivity index (χ0n) is 15.6. The molecule has 4 aliphatic rings. The van der Waals surface area contributed by atoms with Crippen molar-refractivity contribution in [1.82, 2.24) is 0 Å². The predicted molar refractivity (Wildman–Crippen MR) is 104 cm³/mol. The van der Waals surface area contributed by atoms with Gasteiger partial charge in [-0.15, -0.1) is 0 Å². The number of aliphatic hydroxyl groups excluding tert-OH is 1. The van der Waals surface area contributed by atoms with Gasteiger partial charge in [0.1, 0.15) is 0 Å². The van der Waals surface area contributed by atoms with E-state index in [4.69, 9.17) is 0 Å². The molecular weight excluding hydrogens is 312 g/mol. The van der Waals surface area contributed by atoms with Crippen molar-refractivity contribution in [2.75, 3.05) is 5.75 Å². The fraction of sp³-hybridized carbons (Fsp3) is 0.909. The number of fused-ring (bicyclic) bond motifs is 5. The standard InChI is InChI=1S/C22H36OS/c1-21-10-3-6-18(21)17-8-7-16-13-15(5-4-12-24)9-11-22(16,2)20(17)19(23)14-21/h13,15,17-20,23-24H,3-12,14H2,1-2H3/t15?,17-,18-,19-,20+,21-,22-/m0/s1. The molecule has 1 unspecified atom stereocenters. The minimum absolute atomic E-state index is 0.0722. The smallest absolute Gasteiger partial charge is 0.0584 e. The van der Waals surface area contributed by atoms with Gasteiger partial charge in [0, 0.05) is 0 Å². The Morgan fingerprint density at radius 1 is 1.21 bits per heavy atom. The lowest BCUT2D eigenvalue weighted by Crippen LogP contribution is -2.55. The lowest BCUT2D eigenvalue weighted by Gasteiger charge is -2.59. The quantitative estimate of drug-likeness (QED) is 0.500. The Hall–Kier alpha value is 0.0500. The number of rotatable bonds is 3. The molecule has 0 bridgehead atoms. The molecule has 1 nitrogen and oxygen atoms in total. The molecule has 0 aromatic heterocycles. The second-order valence-electron chi connectivity index (χ2n) is 9.93. The van der Waals surface area contributed by atoms with Crippen LogP contribution in [0.3, 0.4) is 0 Å². The average molecular weight is 349 g/mol. The summed E-state index contributed by atoms with van der Waals surface area (Å²) in [7, 11) is 0. The molecule has 3 fully saturated rings. The minimum atomic E-state index is -0.0722. The summed E-state index contributed by atoms with van der Waals surface area (Å²) in [5.74, 6) is 3.97. The molecule has 24 heavy (non-hydrogen) atoms. The third-order valence-corrected chi connectivity index (χ3v) is 8.96. The average Bonchev–Trinajstić information content (AvgIpc) is 2.93. The lowest BCUT2D eigenvalue weighted by atomic mass is 9.46. The lowest BCUT2D eigenvalue weighted by molar-refractivity contribution is -0.119. The van der Waals surface area contributed by atoms with Gasteiger partial charge in [0.2, 0.25) is 0 Å². The van der Waals surface area contributed by atoms with E-state index < -0.39 is 0 Å². The van der Waals surface area contributed by atoms with E-state index >= 15 is 0 Å². The molecule has 0 spiro atoms. The van der Waals surface area contributed by atoms with Gasteiger partial charge in [-0.25, -0.2) is 0 Å². The zero-order chi connectivity index (χ0) is 16.9. The molecule has 4 rings (SSSR count). The first-order chi connectivity index (χ1) is 11.5. The van der Waals surface area contributed by atoms with Gasteiger partial charge in [-0.2, -0.15) is 12.6 Å². The largest absolute Gasteiger partial charge is 0.393 e. The van der Waals surface area contributed by atoms with Crippen molar-refractivity contribution in [3.05, 3.63) is 11.6 Å². The zero-order valence-corrected chi connectivity index (χ0v) is 16.5. The van der Waals surface area contributed by atoms with Gasteiger partial charge in [0.25, 0.3) is 0 Å². The molecule has 3 saturated carbocycles. The van der Waals surface area contributed by atoms with Gasteiger partial charge in [-0.1, -0.05) is 31.9 Å². The third-order valence-electron chi connectivity index (χ3n) is 8.65. The molecule has 0 amide bonds. The van der Waals surface area contributed by atoms with Crippen LogP contribution in [-0.2, 0) is 0 Å². The van der Waals surface area contributed by atoms with E-state index in [2.05, 4.69) is 32.6 Å². The van der Waals surface area contributed by atoms with Crippen LogP contribution in [-0.4, -0.2) is 17.0 Å². The first kappa shape index (κ1) is 17.5. The Morgan fingerprint density at radius 2 is 2.04 bits per heavy atom. The van der Waals surface area contributed by atoms with Crippen molar-refractivity contribution in [3.8, 4) is 0 Å². The molecule has 0 radical (unpaired) electrons. The summed E-state index contributed by atoms with van der Waals surface area (Å²) in [5.41, 5.74) is 2.42. The van der Waals surface area contributed by atoms with Gasteiger partial charge in [0.15, 0.2) is 0 Å². The van der Waals surface area contributed by atoms with E-state index in [-0.39, 0.29) is 11.5 Å². The Balaban J connectivity index is 1.61. The van der Waals surface area contributed by atoms with Gasteiger partial charge in [0.05, 0.1) is 6.10 Å². The van der Waals surface area contributed by atoms with Crippen molar-refractivity contribution in [2.24, 2.45) is 34.5 Å². The van der Waals surface area contributed by atoms with E-state index in [1.807, 2.05) is 0 Å². The van der Waals surface area contributed by atoms with Crippen LogP contribution in [0.25, 0.3) is 0 Å². The third kappa shape index (κ3) is 2.62. The number of hydrogen-bond acceptors (Lipinski definition) is 2. The summed E-state index contributed by atoms with van der Waals surface area (Å²) in [4.78, 5) is 0. The highest BCUT2D eigenvalue weighted by molar-refractivity contribution is 7.80. The van der Waals surface area contributed by atoms with E-state index in [0.717, 1.165) is 29.9 Å². The molecule has 0 aromatic carbocycles. The highest BCUT2D eigenvalue weighted by atomic mass is 32.1. The van der Waals surface area contributed by atoms with Crippen LogP contribution in [0.5, 0.6) is 0 Å². The van der Waals surface area contributed by atoms with Crippen molar-refractivity contribution in [1.29, 1.82) is 0 Å². The second kappa shape index (κ2) is 6.34. The van der Waals surface area contributed by atoms with Crippen molar-refractivity contribution in [3.63, 3.8) is 0 Å². The van der Waals surface area contributed by atoms with Crippen LogP contribution in [0.1, 0.15) is 78.1 Å². The van der Waals surface area contributed by atoms with E-state index in [9.17, 15) is 5.11 Å². The Bertz CT molecular complexity index is 514.